The van der Waals surface area contributed by atoms with Crippen LogP contribution < -0.4 is 4.74 Å². The summed E-state index contributed by atoms with van der Waals surface area (Å²) in [7, 11) is 1.51. The Hall–Kier alpha value is -0.940. The van der Waals surface area contributed by atoms with E-state index in [4.69, 9.17) is 4.74 Å². The lowest BCUT2D eigenvalue weighted by Crippen LogP contribution is -1.98. The highest BCUT2D eigenvalue weighted by Gasteiger charge is 2.17. The van der Waals surface area contributed by atoms with E-state index in [2.05, 4.69) is 31.9 Å². The minimum Gasteiger partial charge on any atom is -0.496 e. The van der Waals surface area contributed by atoms with E-state index in [1.165, 1.54) is 25.3 Å². The predicted octanol–water partition coefficient (Wildman–Crippen LogP) is 5.22. The van der Waals surface area contributed by atoms with Gasteiger partial charge in [0.15, 0.2) is 0 Å². The third-order valence-corrected chi connectivity index (χ3v) is 4.37. The normalized spacial score (nSPS) is 12.3. The molecule has 0 fully saturated rings. The van der Waals surface area contributed by atoms with E-state index in [0.29, 0.717) is 21.3 Å². The van der Waals surface area contributed by atoms with Crippen molar-refractivity contribution in [3.8, 4) is 5.75 Å². The Morgan fingerprint density at radius 2 is 1.84 bits per heavy atom. The van der Waals surface area contributed by atoms with Crippen molar-refractivity contribution in [2.45, 2.75) is 4.83 Å². The molecule has 2 rings (SSSR count). The molecule has 2 aromatic carbocycles. The summed E-state index contributed by atoms with van der Waals surface area (Å²) in [5, 5.41) is 0. The van der Waals surface area contributed by atoms with Crippen molar-refractivity contribution in [3.63, 3.8) is 0 Å². The second kappa shape index (κ2) is 6.01. The van der Waals surface area contributed by atoms with Crippen molar-refractivity contribution < 1.29 is 13.5 Å². The van der Waals surface area contributed by atoms with Crippen molar-refractivity contribution in [2.24, 2.45) is 0 Å². The molecular weight excluding hydrogens is 382 g/mol. The molecule has 1 atom stereocenters. The van der Waals surface area contributed by atoms with Crippen molar-refractivity contribution in [3.05, 3.63) is 63.6 Å². The summed E-state index contributed by atoms with van der Waals surface area (Å²) in [5.41, 5.74) is 1.30. The molecule has 2 aromatic rings. The minimum absolute atomic E-state index is 0.347. The van der Waals surface area contributed by atoms with Crippen LogP contribution in [-0.4, -0.2) is 7.11 Å². The number of hydrogen-bond acceptors (Lipinski definition) is 1. The van der Waals surface area contributed by atoms with Crippen molar-refractivity contribution in [2.75, 3.05) is 7.11 Å². The lowest BCUT2D eigenvalue weighted by molar-refractivity contribution is 0.409. The molecule has 0 heterocycles. The molecule has 0 aliphatic carbocycles. The minimum atomic E-state index is -0.364. The van der Waals surface area contributed by atoms with Gasteiger partial charge in [-0.25, -0.2) is 8.78 Å². The topological polar surface area (TPSA) is 9.23 Å². The molecule has 1 nitrogen and oxygen atoms in total. The second-order valence-corrected chi connectivity index (χ2v) is 5.69. The highest BCUT2D eigenvalue weighted by atomic mass is 79.9. The summed E-state index contributed by atoms with van der Waals surface area (Å²) in [6, 6.07) is 9.02. The fourth-order valence-corrected chi connectivity index (χ4v) is 2.64. The van der Waals surface area contributed by atoms with E-state index in [9.17, 15) is 8.78 Å². The van der Waals surface area contributed by atoms with Crippen LogP contribution in [0.2, 0.25) is 0 Å². The fraction of sp³-hybridized carbons (Fsp3) is 0.143. The van der Waals surface area contributed by atoms with E-state index in [1.54, 1.807) is 18.2 Å². The van der Waals surface area contributed by atoms with Crippen molar-refractivity contribution in [1.29, 1.82) is 0 Å². The molecule has 100 valence electrons. The first-order chi connectivity index (χ1) is 9.02. The maximum atomic E-state index is 13.5. The molecule has 0 spiro atoms. The van der Waals surface area contributed by atoms with Crippen LogP contribution in [0.5, 0.6) is 5.75 Å². The largest absolute Gasteiger partial charge is 0.496 e. The monoisotopic (exact) mass is 390 g/mol. The van der Waals surface area contributed by atoms with Gasteiger partial charge in [0.25, 0.3) is 0 Å². The van der Waals surface area contributed by atoms with Crippen LogP contribution in [0.3, 0.4) is 0 Å². The molecule has 19 heavy (non-hydrogen) atoms. The van der Waals surface area contributed by atoms with Crippen LogP contribution in [0.25, 0.3) is 0 Å². The summed E-state index contributed by atoms with van der Waals surface area (Å²) < 4.78 is 32.5. The number of hydrogen-bond donors (Lipinski definition) is 0. The third-order valence-electron chi connectivity index (χ3n) is 2.70. The Labute approximate surface area is 126 Å². The first-order valence-electron chi connectivity index (χ1n) is 5.45. The molecule has 0 amide bonds. The zero-order chi connectivity index (χ0) is 14.0. The van der Waals surface area contributed by atoms with Gasteiger partial charge in [-0.15, -0.1) is 0 Å². The number of benzene rings is 2. The average Bonchev–Trinajstić information content (AvgIpc) is 2.41. The molecule has 0 N–H and O–H groups in total. The predicted molar refractivity (Wildman–Crippen MR) is 77.8 cm³/mol. The summed E-state index contributed by atoms with van der Waals surface area (Å²) in [6.07, 6.45) is 0. The van der Waals surface area contributed by atoms with E-state index in [-0.39, 0.29) is 16.5 Å². The van der Waals surface area contributed by atoms with Gasteiger partial charge in [-0.3, -0.25) is 0 Å². The van der Waals surface area contributed by atoms with Crippen LogP contribution in [0.15, 0.2) is 40.9 Å². The summed E-state index contributed by atoms with van der Waals surface area (Å²) in [5.74, 6) is -0.179. The lowest BCUT2D eigenvalue weighted by Gasteiger charge is -2.15. The van der Waals surface area contributed by atoms with E-state index < -0.39 is 0 Å². The summed E-state index contributed by atoms with van der Waals surface area (Å²) in [6.45, 7) is 0. The zero-order valence-electron chi connectivity index (χ0n) is 9.96. The van der Waals surface area contributed by atoms with Crippen molar-refractivity contribution in [1.82, 2.24) is 0 Å². The quantitative estimate of drug-likeness (QED) is 0.651. The van der Waals surface area contributed by atoms with E-state index >= 15 is 0 Å². The molecule has 1 unspecified atom stereocenters. The van der Waals surface area contributed by atoms with Gasteiger partial charge in [0.05, 0.1) is 16.4 Å². The van der Waals surface area contributed by atoms with Gasteiger partial charge in [-0.2, -0.15) is 0 Å². The van der Waals surface area contributed by atoms with Gasteiger partial charge in [-0.1, -0.05) is 22.0 Å². The SMILES string of the molecule is COc1ccc(F)cc1C(Br)c1ccc(Br)c(F)c1. The molecule has 0 aliphatic rings. The fourth-order valence-electron chi connectivity index (χ4n) is 1.75. The van der Waals surface area contributed by atoms with Gasteiger partial charge in [0.2, 0.25) is 0 Å². The Bertz CT molecular complexity index is 602. The molecule has 5 heteroatoms. The summed E-state index contributed by atoms with van der Waals surface area (Å²) in [4.78, 5) is -0.347. The van der Waals surface area contributed by atoms with Crippen LogP contribution in [0.4, 0.5) is 8.78 Å². The molecule has 0 saturated heterocycles. The zero-order valence-corrected chi connectivity index (χ0v) is 13.1. The van der Waals surface area contributed by atoms with Gasteiger partial charge < -0.3 is 4.74 Å². The molecule has 0 aromatic heterocycles. The van der Waals surface area contributed by atoms with Crippen molar-refractivity contribution >= 4 is 31.9 Å². The smallest absolute Gasteiger partial charge is 0.137 e. The number of ether oxygens (including phenoxy) is 1. The average molecular weight is 392 g/mol. The third kappa shape index (κ3) is 3.15. The first kappa shape index (κ1) is 14.5. The number of rotatable bonds is 3. The van der Waals surface area contributed by atoms with Crippen LogP contribution >= 0.6 is 31.9 Å². The molecule has 0 saturated carbocycles. The number of halogens is 4. The number of alkyl halides is 1. The Balaban J connectivity index is 2.45. The van der Waals surface area contributed by atoms with Gasteiger partial charge in [0, 0.05) is 5.56 Å². The maximum absolute atomic E-state index is 13.5. The highest BCUT2D eigenvalue weighted by Crippen LogP contribution is 2.37. The highest BCUT2D eigenvalue weighted by molar-refractivity contribution is 9.10. The van der Waals surface area contributed by atoms with Gasteiger partial charge in [-0.05, 0) is 51.8 Å². The van der Waals surface area contributed by atoms with Gasteiger partial charge >= 0.3 is 0 Å². The molecule has 0 bridgehead atoms. The Morgan fingerprint density at radius 3 is 2.47 bits per heavy atom. The molecule has 0 radical (unpaired) electrons. The Kier molecular flexibility index (Phi) is 4.58. The first-order valence-corrected chi connectivity index (χ1v) is 7.16. The van der Waals surface area contributed by atoms with Crippen LogP contribution in [0, 0.1) is 11.6 Å². The second-order valence-electron chi connectivity index (χ2n) is 3.92. The van der Waals surface area contributed by atoms with Crippen LogP contribution in [0.1, 0.15) is 16.0 Å². The van der Waals surface area contributed by atoms with Crippen LogP contribution in [-0.2, 0) is 0 Å². The standard InChI is InChI=1S/C14H10Br2F2O/c1-19-13-5-3-9(17)7-10(13)14(16)8-2-4-11(15)12(18)6-8/h2-7,14H,1H3. The summed E-state index contributed by atoms with van der Waals surface area (Å²) >= 11 is 6.55. The van der Waals surface area contributed by atoms with Gasteiger partial charge in [0.1, 0.15) is 17.4 Å². The Morgan fingerprint density at radius 1 is 1.11 bits per heavy atom. The van der Waals surface area contributed by atoms with E-state index in [1.807, 2.05) is 0 Å². The molecule has 0 aliphatic heterocycles. The lowest BCUT2D eigenvalue weighted by atomic mass is 10.0. The van der Waals surface area contributed by atoms with E-state index in [0.717, 1.165) is 0 Å². The number of methoxy groups -OCH3 is 1. The molecular formula is C14H10Br2F2O. The maximum Gasteiger partial charge on any atom is 0.137 e.